The fourth-order valence-corrected chi connectivity index (χ4v) is 3.02. The molecule has 7 nitrogen and oxygen atoms in total. The van der Waals surface area contributed by atoms with Gasteiger partial charge in [-0.1, -0.05) is 30.7 Å². The smallest absolute Gasteiger partial charge is 0.323 e. The Morgan fingerprint density at radius 2 is 2.15 bits per heavy atom. The average molecular weight is 387 g/mol. The summed E-state index contributed by atoms with van der Waals surface area (Å²) in [5.41, 5.74) is 1.01. The summed E-state index contributed by atoms with van der Waals surface area (Å²) in [5, 5.41) is 7.95. The minimum Gasteiger partial charge on any atom is -0.337 e. The van der Waals surface area contributed by atoms with Crippen LogP contribution in [0.4, 0.5) is 10.6 Å². The number of hydrogen-bond acceptors (Lipinski definition) is 3. The van der Waals surface area contributed by atoms with Crippen LogP contribution in [0.2, 0.25) is 5.02 Å². The van der Waals surface area contributed by atoms with Crippen LogP contribution >= 0.6 is 11.6 Å². The molecule has 142 valence electrons. The van der Waals surface area contributed by atoms with E-state index in [9.17, 15) is 4.79 Å². The van der Waals surface area contributed by atoms with Crippen LogP contribution in [0.25, 0.3) is 0 Å². The lowest BCUT2D eigenvalue weighted by Crippen LogP contribution is -2.36. The van der Waals surface area contributed by atoms with Crippen molar-refractivity contribution in [3.63, 3.8) is 0 Å². The van der Waals surface area contributed by atoms with Crippen molar-refractivity contribution in [1.29, 1.82) is 0 Å². The molecule has 0 bridgehead atoms. The number of anilines is 1. The maximum atomic E-state index is 12.8. The van der Waals surface area contributed by atoms with Gasteiger partial charge in [0.05, 0.1) is 19.3 Å². The number of rotatable bonds is 7. The van der Waals surface area contributed by atoms with Crippen LogP contribution in [0.15, 0.2) is 48.9 Å². The van der Waals surface area contributed by atoms with Crippen LogP contribution in [0.1, 0.15) is 24.7 Å². The molecule has 0 radical (unpaired) electrons. The molecule has 0 aliphatic carbocycles. The first-order valence-corrected chi connectivity index (χ1v) is 9.23. The van der Waals surface area contributed by atoms with Crippen LogP contribution in [0.5, 0.6) is 0 Å². The number of benzene rings is 1. The molecule has 2 aromatic heterocycles. The van der Waals surface area contributed by atoms with E-state index in [2.05, 4.69) is 15.4 Å². The van der Waals surface area contributed by atoms with Crippen molar-refractivity contribution in [3.8, 4) is 0 Å². The molecular weight excluding hydrogens is 364 g/mol. The highest BCUT2D eigenvalue weighted by Crippen LogP contribution is 2.15. The van der Waals surface area contributed by atoms with E-state index in [1.54, 1.807) is 28.0 Å². The Bertz CT molecular complexity index is 903. The normalized spacial score (nSPS) is 10.8. The van der Waals surface area contributed by atoms with Gasteiger partial charge in [0.1, 0.15) is 11.6 Å². The molecule has 0 spiro atoms. The third kappa shape index (κ3) is 4.89. The molecule has 1 aromatic carbocycles. The maximum absolute atomic E-state index is 12.8. The molecule has 0 unspecified atom stereocenters. The largest absolute Gasteiger partial charge is 0.337 e. The summed E-state index contributed by atoms with van der Waals surface area (Å²) in [6.45, 7) is 3.66. The predicted molar refractivity (Wildman–Crippen MR) is 106 cm³/mol. The van der Waals surface area contributed by atoms with Crippen LogP contribution in [0.3, 0.4) is 0 Å². The van der Waals surface area contributed by atoms with Crippen LogP contribution in [-0.2, 0) is 20.1 Å². The van der Waals surface area contributed by atoms with Crippen LogP contribution in [0, 0.1) is 0 Å². The van der Waals surface area contributed by atoms with E-state index < -0.39 is 0 Å². The second kappa shape index (κ2) is 8.73. The van der Waals surface area contributed by atoms with Crippen molar-refractivity contribution < 1.29 is 4.79 Å². The standard InChI is InChI=1S/C19H23ClN6O/c1-3-10-25(14-18-21-9-11-24(18)2)19(27)23-17-7-8-22-26(17)13-15-5-4-6-16(20)12-15/h4-9,11-12H,3,10,13-14H2,1-2H3,(H,23,27). The molecule has 1 N–H and O–H groups in total. The molecule has 8 heteroatoms. The van der Waals surface area contributed by atoms with Crippen molar-refractivity contribution in [1.82, 2.24) is 24.2 Å². The van der Waals surface area contributed by atoms with E-state index >= 15 is 0 Å². The average Bonchev–Trinajstić information content (AvgIpc) is 3.24. The van der Waals surface area contributed by atoms with E-state index in [0.717, 1.165) is 17.8 Å². The molecule has 2 amide bonds. The molecule has 2 heterocycles. The number of imidazole rings is 1. The van der Waals surface area contributed by atoms with E-state index in [1.807, 2.05) is 49.0 Å². The summed E-state index contributed by atoms with van der Waals surface area (Å²) in [6, 6.07) is 9.20. The van der Waals surface area contributed by atoms with Crippen molar-refractivity contribution in [2.45, 2.75) is 26.4 Å². The monoisotopic (exact) mass is 386 g/mol. The summed E-state index contributed by atoms with van der Waals surface area (Å²) in [4.78, 5) is 18.9. The minimum absolute atomic E-state index is 0.173. The molecule has 0 saturated heterocycles. The third-order valence-electron chi connectivity index (χ3n) is 4.21. The van der Waals surface area contributed by atoms with Crippen molar-refractivity contribution in [2.75, 3.05) is 11.9 Å². The second-order valence-electron chi connectivity index (χ2n) is 6.31. The van der Waals surface area contributed by atoms with Gasteiger partial charge in [-0.2, -0.15) is 5.10 Å². The molecule has 0 saturated carbocycles. The molecule has 3 rings (SSSR count). The number of aryl methyl sites for hydroxylation is 1. The first kappa shape index (κ1) is 19.0. The van der Waals surface area contributed by atoms with Crippen molar-refractivity contribution >= 4 is 23.4 Å². The molecule has 27 heavy (non-hydrogen) atoms. The lowest BCUT2D eigenvalue weighted by Gasteiger charge is -2.22. The molecule has 0 aliphatic heterocycles. The minimum atomic E-state index is -0.173. The van der Waals surface area contributed by atoms with E-state index in [0.29, 0.717) is 30.5 Å². The summed E-state index contributed by atoms with van der Waals surface area (Å²) in [5.74, 6) is 1.48. The number of amides is 2. The number of carbonyl (C=O) groups is 1. The quantitative estimate of drug-likeness (QED) is 0.672. The molecule has 3 aromatic rings. The fourth-order valence-electron chi connectivity index (χ4n) is 2.80. The fraction of sp³-hybridized carbons (Fsp3) is 0.316. The number of urea groups is 1. The molecule has 0 atom stereocenters. The molecule has 0 fully saturated rings. The Morgan fingerprint density at radius 1 is 1.30 bits per heavy atom. The zero-order valence-corrected chi connectivity index (χ0v) is 16.2. The Labute approximate surface area is 163 Å². The molecular formula is C19H23ClN6O. The lowest BCUT2D eigenvalue weighted by atomic mass is 10.2. The first-order chi connectivity index (χ1) is 13.1. The SMILES string of the molecule is CCCN(Cc1nccn1C)C(=O)Nc1ccnn1Cc1cccc(Cl)c1. The summed E-state index contributed by atoms with van der Waals surface area (Å²) < 4.78 is 3.66. The van der Waals surface area contributed by atoms with Gasteiger partial charge in [-0.15, -0.1) is 0 Å². The third-order valence-corrected chi connectivity index (χ3v) is 4.44. The Morgan fingerprint density at radius 3 is 2.85 bits per heavy atom. The summed E-state index contributed by atoms with van der Waals surface area (Å²) in [6.07, 6.45) is 6.14. The van der Waals surface area contributed by atoms with Gasteiger partial charge in [0.2, 0.25) is 0 Å². The Balaban J connectivity index is 1.71. The van der Waals surface area contributed by atoms with Crippen LogP contribution < -0.4 is 5.32 Å². The van der Waals surface area contributed by atoms with Crippen molar-refractivity contribution in [2.24, 2.45) is 7.05 Å². The zero-order chi connectivity index (χ0) is 19.2. The topological polar surface area (TPSA) is 68.0 Å². The van der Waals surface area contributed by atoms with Crippen LogP contribution in [-0.4, -0.2) is 36.8 Å². The van der Waals surface area contributed by atoms with Crippen molar-refractivity contribution in [3.05, 3.63) is 65.3 Å². The maximum Gasteiger partial charge on any atom is 0.323 e. The van der Waals surface area contributed by atoms with Gasteiger partial charge in [0, 0.05) is 37.1 Å². The van der Waals surface area contributed by atoms with E-state index in [4.69, 9.17) is 11.6 Å². The van der Waals surface area contributed by atoms with Gasteiger partial charge in [0.15, 0.2) is 0 Å². The number of hydrogen-bond donors (Lipinski definition) is 1. The summed E-state index contributed by atoms with van der Waals surface area (Å²) in [7, 11) is 1.92. The number of aromatic nitrogens is 4. The van der Waals surface area contributed by atoms with Gasteiger partial charge in [0.25, 0.3) is 0 Å². The first-order valence-electron chi connectivity index (χ1n) is 8.85. The van der Waals surface area contributed by atoms with Gasteiger partial charge < -0.3 is 9.47 Å². The van der Waals surface area contributed by atoms with Gasteiger partial charge in [-0.3, -0.25) is 5.32 Å². The Kier molecular flexibility index (Phi) is 6.13. The highest BCUT2D eigenvalue weighted by atomic mass is 35.5. The second-order valence-corrected chi connectivity index (χ2v) is 6.75. The highest BCUT2D eigenvalue weighted by molar-refractivity contribution is 6.30. The van der Waals surface area contributed by atoms with E-state index in [-0.39, 0.29) is 6.03 Å². The number of nitrogens with one attached hydrogen (secondary N) is 1. The highest BCUT2D eigenvalue weighted by Gasteiger charge is 2.17. The predicted octanol–water partition coefficient (Wildman–Crippen LogP) is 3.76. The lowest BCUT2D eigenvalue weighted by molar-refractivity contribution is 0.207. The Hall–Kier alpha value is -2.80. The number of nitrogens with zero attached hydrogens (tertiary/aromatic N) is 5. The zero-order valence-electron chi connectivity index (χ0n) is 15.5. The van der Waals surface area contributed by atoms with Gasteiger partial charge >= 0.3 is 6.03 Å². The number of halogens is 1. The van der Waals surface area contributed by atoms with E-state index in [1.165, 1.54) is 0 Å². The van der Waals surface area contributed by atoms with Gasteiger partial charge in [-0.25, -0.2) is 14.5 Å². The summed E-state index contributed by atoms with van der Waals surface area (Å²) >= 11 is 6.05. The number of carbonyl (C=O) groups excluding carboxylic acids is 1. The molecule has 0 aliphatic rings. The van der Waals surface area contributed by atoms with Gasteiger partial charge in [-0.05, 0) is 24.1 Å².